The van der Waals surface area contributed by atoms with E-state index in [9.17, 15) is 4.79 Å². The molecule has 0 spiro atoms. The SMILES string of the molecule is COc1ccccc1OCc1ccc(C(=O)Nc2cnn(Cc3ccc(Cl)c(Cl)c3)c2)o1. The van der Waals surface area contributed by atoms with Gasteiger partial charge in [-0.2, -0.15) is 5.10 Å². The van der Waals surface area contributed by atoms with Crippen LogP contribution in [-0.4, -0.2) is 22.8 Å². The van der Waals surface area contributed by atoms with Crippen molar-refractivity contribution in [2.45, 2.75) is 13.2 Å². The monoisotopic (exact) mass is 471 g/mol. The number of benzene rings is 2. The molecule has 0 fully saturated rings. The molecule has 0 aliphatic carbocycles. The van der Waals surface area contributed by atoms with E-state index in [1.807, 2.05) is 18.2 Å². The number of nitrogens with zero attached hydrogens (tertiary/aromatic N) is 2. The number of halogens is 2. The second-order valence-corrected chi connectivity index (χ2v) is 7.65. The van der Waals surface area contributed by atoms with Crippen molar-refractivity contribution in [2.24, 2.45) is 0 Å². The second-order valence-electron chi connectivity index (χ2n) is 6.83. The largest absolute Gasteiger partial charge is 0.493 e. The lowest BCUT2D eigenvalue weighted by atomic mass is 10.2. The van der Waals surface area contributed by atoms with Crippen LogP contribution in [0.25, 0.3) is 0 Å². The molecule has 0 saturated heterocycles. The molecule has 0 saturated carbocycles. The molecule has 1 N–H and O–H groups in total. The van der Waals surface area contributed by atoms with E-state index in [1.54, 1.807) is 60.6 Å². The fourth-order valence-electron chi connectivity index (χ4n) is 3.00. The third kappa shape index (κ3) is 5.25. The van der Waals surface area contributed by atoms with Crippen molar-refractivity contribution in [2.75, 3.05) is 12.4 Å². The maximum atomic E-state index is 12.5. The topological polar surface area (TPSA) is 78.5 Å². The van der Waals surface area contributed by atoms with Crippen molar-refractivity contribution in [3.05, 3.63) is 94.1 Å². The Bertz CT molecular complexity index is 1240. The van der Waals surface area contributed by atoms with Gasteiger partial charge < -0.3 is 19.2 Å². The molecule has 32 heavy (non-hydrogen) atoms. The fraction of sp³-hybridized carbons (Fsp3) is 0.130. The summed E-state index contributed by atoms with van der Waals surface area (Å²) < 4.78 is 18.3. The van der Waals surface area contributed by atoms with E-state index in [-0.39, 0.29) is 18.3 Å². The molecule has 0 aliphatic heterocycles. The Morgan fingerprint density at radius 1 is 1.09 bits per heavy atom. The maximum Gasteiger partial charge on any atom is 0.291 e. The van der Waals surface area contributed by atoms with Crippen LogP contribution in [0.1, 0.15) is 21.9 Å². The van der Waals surface area contributed by atoms with Gasteiger partial charge in [-0.15, -0.1) is 0 Å². The average molecular weight is 472 g/mol. The molecule has 0 aliphatic rings. The molecule has 4 rings (SSSR count). The maximum absolute atomic E-state index is 12.5. The summed E-state index contributed by atoms with van der Waals surface area (Å²) >= 11 is 12.0. The lowest BCUT2D eigenvalue weighted by Gasteiger charge is -2.08. The lowest BCUT2D eigenvalue weighted by Crippen LogP contribution is -2.10. The number of nitrogens with one attached hydrogen (secondary N) is 1. The van der Waals surface area contributed by atoms with Gasteiger partial charge >= 0.3 is 0 Å². The minimum Gasteiger partial charge on any atom is -0.493 e. The van der Waals surface area contributed by atoms with Crippen LogP contribution in [0.4, 0.5) is 5.69 Å². The number of aromatic nitrogens is 2. The van der Waals surface area contributed by atoms with Crippen molar-refractivity contribution in [1.29, 1.82) is 0 Å². The number of hydrogen-bond acceptors (Lipinski definition) is 5. The zero-order valence-electron chi connectivity index (χ0n) is 17.0. The van der Waals surface area contributed by atoms with Gasteiger partial charge in [0.15, 0.2) is 17.3 Å². The van der Waals surface area contributed by atoms with Crippen LogP contribution < -0.4 is 14.8 Å². The molecular weight excluding hydrogens is 453 g/mol. The first-order valence-electron chi connectivity index (χ1n) is 9.64. The van der Waals surface area contributed by atoms with E-state index >= 15 is 0 Å². The Morgan fingerprint density at radius 3 is 2.69 bits per heavy atom. The van der Waals surface area contributed by atoms with E-state index in [4.69, 9.17) is 37.1 Å². The predicted octanol–water partition coefficient (Wildman–Crippen LogP) is 5.67. The van der Waals surface area contributed by atoms with E-state index < -0.39 is 0 Å². The van der Waals surface area contributed by atoms with E-state index in [0.717, 1.165) is 5.56 Å². The van der Waals surface area contributed by atoms with Crippen LogP contribution in [0.15, 0.2) is 71.4 Å². The summed E-state index contributed by atoms with van der Waals surface area (Å²) in [6.45, 7) is 0.646. The highest BCUT2D eigenvalue weighted by Gasteiger charge is 2.14. The van der Waals surface area contributed by atoms with Gasteiger partial charge in [0.1, 0.15) is 12.4 Å². The number of methoxy groups -OCH3 is 1. The molecule has 2 aromatic carbocycles. The van der Waals surface area contributed by atoms with Crippen LogP contribution in [-0.2, 0) is 13.2 Å². The second kappa shape index (κ2) is 9.80. The quantitative estimate of drug-likeness (QED) is 0.358. The molecule has 0 atom stereocenters. The number of anilines is 1. The summed E-state index contributed by atoms with van der Waals surface area (Å²) in [6, 6.07) is 16.0. The molecular formula is C23H19Cl2N3O4. The standard InChI is InChI=1S/C23H19Cl2N3O4/c1-30-20-4-2-3-5-21(20)31-14-17-7-9-22(32-17)23(29)27-16-11-26-28(13-16)12-15-6-8-18(24)19(25)10-15/h2-11,13H,12,14H2,1H3,(H,27,29). The van der Waals surface area contributed by atoms with Crippen molar-refractivity contribution in [3.8, 4) is 11.5 Å². The Hall–Kier alpha value is -3.42. The van der Waals surface area contributed by atoms with Gasteiger partial charge in [0.2, 0.25) is 0 Å². The summed E-state index contributed by atoms with van der Waals surface area (Å²) in [5, 5.41) is 8.00. The Morgan fingerprint density at radius 2 is 1.91 bits per heavy atom. The number of furan rings is 1. The third-order valence-corrected chi connectivity index (χ3v) is 5.28. The van der Waals surface area contributed by atoms with Crippen molar-refractivity contribution >= 4 is 34.8 Å². The van der Waals surface area contributed by atoms with E-state index in [0.29, 0.717) is 39.5 Å². The molecule has 7 nitrogen and oxygen atoms in total. The van der Waals surface area contributed by atoms with E-state index in [1.165, 1.54) is 0 Å². The zero-order valence-corrected chi connectivity index (χ0v) is 18.6. The first-order chi connectivity index (χ1) is 15.5. The Balaban J connectivity index is 1.34. The number of hydrogen-bond donors (Lipinski definition) is 1. The fourth-order valence-corrected chi connectivity index (χ4v) is 3.32. The van der Waals surface area contributed by atoms with Crippen molar-refractivity contribution in [1.82, 2.24) is 9.78 Å². The molecule has 2 heterocycles. The van der Waals surface area contributed by atoms with Crippen LogP contribution in [0.3, 0.4) is 0 Å². The molecule has 1 amide bonds. The Labute approximate surface area is 194 Å². The summed E-state index contributed by atoms with van der Waals surface area (Å²) in [4.78, 5) is 12.5. The number of carbonyl (C=O) groups excluding carboxylic acids is 1. The summed E-state index contributed by atoms with van der Waals surface area (Å²) in [5.74, 6) is 1.50. The van der Waals surface area contributed by atoms with Crippen molar-refractivity contribution in [3.63, 3.8) is 0 Å². The van der Waals surface area contributed by atoms with Gasteiger partial charge in [-0.1, -0.05) is 41.4 Å². The molecule has 0 bridgehead atoms. The van der Waals surface area contributed by atoms with Crippen LogP contribution in [0.2, 0.25) is 10.0 Å². The molecule has 0 radical (unpaired) electrons. The minimum atomic E-state index is -0.386. The first kappa shape index (κ1) is 21.8. The zero-order chi connectivity index (χ0) is 22.5. The number of para-hydroxylation sites is 2. The van der Waals surface area contributed by atoms with Crippen LogP contribution in [0, 0.1) is 0 Å². The van der Waals surface area contributed by atoms with Gasteiger partial charge in [0.25, 0.3) is 5.91 Å². The smallest absolute Gasteiger partial charge is 0.291 e. The van der Waals surface area contributed by atoms with Crippen LogP contribution >= 0.6 is 23.2 Å². The predicted molar refractivity (Wildman–Crippen MR) is 122 cm³/mol. The highest BCUT2D eigenvalue weighted by molar-refractivity contribution is 6.42. The summed E-state index contributed by atoms with van der Waals surface area (Å²) in [6.07, 6.45) is 3.28. The number of ether oxygens (including phenoxy) is 2. The van der Waals surface area contributed by atoms with Gasteiger partial charge in [-0.3, -0.25) is 9.48 Å². The number of rotatable bonds is 8. The lowest BCUT2D eigenvalue weighted by molar-refractivity contribution is 0.0992. The van der Waals surface area contributed by atoms with Gasteiger partial charge in [-0.25, -0.2) is 0 Å². The number of amides is 1. The minimum absolute atomic E-state index is 0.162. The molecule has 0 unspecified atom stereocenters. The van der Waals surface area contributed by atoms with Crippen LogP contribution in [0.5, 0.6) is 11.5 Å². The number of carbonyl (C=O) groups is 1. The first-order valence-corrected chi connectivity index (χ1v) is 10.4. The van der Waals surface area contributed by atoms with E-state index in [2.05, 4.69) is 10.4 Å². The molecule has 9 heteroatoms. The molecule has 164 valence electrons. The highest BCUT2D eigenvalue weighted by atomic mass is 35.5. The van der Waals surface area contributed by atoms with Gasteiger partial charge in [0, 0.05) is 6.20 Å². The van der Waals surface area contributed by atoms with Crippen molar-refractivity contribution < 1.29 is 18.7 Å². The normalized spacial score (nSPS) is 10.7. The summed E-state index contributed by atoms with van der Waals surface area (Å²) in [5.41, 5.74) is 1.48. The van der Waals surface area contributed by atoms with Gasteiger partial charge in [-0.05, 0) is 42.0 Å². The summed E-state index contributed by atoms with van der Waals surface area (Å²) in [7, 11) is 1.57. The third-order valence-electron chi connectivity index (χ3n) is 4.54. The van der Waals surface area contributed by atoms with Gasteiger partial charge in [0.05, 0.1) is 35.6 Å². The Kier molecular flexibility index (Phi) is 6.68. The highest BCUT2D eigenvalue weighted by Crippen LogP contribution is 2.27. The molecule has 4 aromatic rings. The molecule has 2 aromatic heterocycles. The average Bonchev–Trinajstić information content (AvgIpc) is 3.44.